The largest absolute Gasteiger partial charge is 0.337 e. The lowest BCUT2D eigenvalue weighted by Crippen LogP contribution is -2.55. The first kappa shape index (κ1) is 19.0. The standard InChI is InChI=1S/C21H34N2O/c1-5-6-12-19-17-22(16-18-10-8-7-9-11-18)13-14-23(19)20(24)15-21(2,3)4/h7-11,19H,5-6,12-17H2,1-4H3/t19-/m0/s1. The molecule has 1 aliphatic rings. The van der Waals surface area contributed by atoms with Crippen LogP contribution >= 0.6 is 0 Å². The fraction of sp³-hybridized carbons (Fsp3) is 0.667. The third kappa shape index (κ3) is 5.94. The average molecular weight is 331 g/mol. The van der Waals surface area contributed by atoms with Gasteiger partial charge in [-0.25, -0.2) is 0 Å². The van der Waals surface area contributed by atoms with Crippen LogP contribution in [0.2, 0.25) is 0 Å². The summed E-state index contributed by atoms with van der Waals surface area (Å²) in [4.78, 5) is 17.4. The van der Waals surface area contributed by atoms with Gasteiger partial charge in [0.1, 0.15) is 0 Å². The molecule has 1 aromatic carbocycles. The number of amides is 1. The molecule has 1 fully saturated rings. The lowest BCUT2D eigenvalue weighted by molar-refractivity contribution is -0.138. The number of carbonyl (C=O) groups is 1. The number of rotatable bonds is 6. The Labute approximate surface area is 148 Å². The molecule has 1 heterocycles. The van der Waals surface area contributed by atoms with E-state index < -0.39 is 0 Å². The van der Waals surface area contributed by atoms with Crippen molar-refractivity contribution < 1.29 is 4.79 Å². The van der Waals surface area contributed by atoms with Gasteiger partial charge in [0.15, 0.2) is 0 Å². The fourth-order valence-corrected chi connectivity index (χ4v) is 3.48. The minimum atomic E-state index is 0.0631. The van der Waals surface area contributed by atoms with E-state index in [0.717, 1.165) is 32.6 Å². The number of hydrogen-bond acceptors (Lipinski definition) is 2. The maximum atomic E-state index is 12.8. The zero-order valence-corrected chi connectivity index (χ0v) is 15.9. The topological polar surface area (TPSA) is 23.6 Å². The number of carbonyl (C=O) groups excluding carboxylic acids is 1. The van der Waals surface area contributed by atoms with Gasteiger partial charge in [-0.15, -0.1) is 0 Å². The molecule has 1 aromatic rings. The van der Waals surface area contributed by atoms with E-state index in [9.17, 15) is 4.79 Å². The van der Waals surface area contributed by atoms with E-state index >= 15 is 0 Å². The van der Waals surface area contributed by atoms with Crippen molar-refractivity contribution in [1.82, 2.24) is 9.80 Å². The van der Waals surface area contributed by atoms with Crippen LogP contribution < -0.4 is 0 Å². The van der Waals surface area contributed by atoms with E-state index in [1.165, 1.54) is 18.4 Å². The fourth-order valence-electron chi connectivity index (χ4n) is 3.48. The summed E-state index contributed by atoms with van der Waals surface area (Å²) in [5.74, 6) is 0.336. The molecule has 3 nitrogen and oxygen atoms in total. The molecule has 0 radical (unpaired) electrons. The van der Waals surface area contributed by atoms with Crippen molar-refractivity contribution in [1.29, 1.82) is 0 Å². The first-order valence-corrected chi connectivity index (χ1v) is 9.45. The molecule has 0 aliphatic carbocycles. The molecule has 2 rings (SSSR count). The van der Waals surface area contributed by atoms with Gasteiger partial charge in [-0.1, -0.05) is 70.9 Å². The van der Waals surface area contributed by atoms with E-state index in [-0.39, 0.29) is 5.41 Å². The second-order valence-electron chi connectivity index (χ2n) is 8.34. The Morgan fingerprint density at radius 2 is 1.88 bits per heavy atom. The number of unbranched alkanes of at least 4 members (excludes halogenated alkanes) is 1. The molecule has 1 atom stereocenters. The van der Waals surface area contributed by atoms with Crippen LogP contribution in [0.15, 0.2) is 30.3 Å². The molecule has 1 amide bonds. The smallest absolute Gasteiger partial charge is 0.223 e. The number of nitrogens with zero attached hydrogens (tertiary/aromatic N) is 2. The van der Waals surface area contributed by atoms with Crippen LogP contribution in [0.25, 0.3) is 0 Å². The highest BCUT2D eigenvalue weighted by Gasteiger charge is 2.31. The van der Waals surface area contributed by atoms with Crippen molar-refractivity contribution in [2.24, 2.45) is 5.41 Å². The van der Waals surface area contributed by atoms with Gasteiger partial charge >= 0.3 is 0 Å². The Morgan fingerprint density at radius 1 is 1.17 bits per heavy atom. The summed E-state index contributed by atoms with van der Waals surface area (Å²) in [6, 6.07) is 11.0. The van der Waals surface area contributed by atoms with Crippen LogP contribution in [0.1, 0.15) is 58.9 Å². The van der Waals surface area contributed by atoms with E-state index in [0.29, 0.717) is 18.4 Å². The summed E-state index contributed by atoms with van der Waals surface area (Å²) >= 11 is 0. The molecule has 3 heteroatoms. The van der Waals surface area contributed by atoms with Crippen molar-refractivity contribution in [2.45, 2.75) is 66.0 Å². The van der Waals surface area contributed by atoms with Gasteiger partial charge in [0.25, 0.3) is 0 Å². The van der Waals surface area contributed by atoms with Crippen LogP contribution in [0.4, 0.5) is 0 Å². The van der Waals surface area contributed by atoms with Gasteiger partial charge in [0.05, 0.1) is 0 Å². The third-order valence-corrected chi connectivity index (χ3v) is 4.71. The van der Waals surface area contributed by atoms with Crippen molar-refractivity contribution in [3.05, 3.63) is 35.9 Å². The lowest BCUT2D eigenvalue weighted by Gasteiger charge is -2.42. The van der Waals surface area contributed by atoms with Crippen LogP contribution in [-0.2, 0) is 11.3 Å². The van der Waals surface area contributed by atoms with E-state index in [4.69, 9.17) is 0 Å². The normalized spacial score (nSPS) is 19.5. The zero-order chi connectivity index (χ0) is 17.6. The molecule has 24 heavy (non-hydrogen) atoms. The summed E-state index contributed by atoms with van der Waals surface area (Å²) in [5, 5.41) is 0. The molecule has 134 valence electrons. The minimum absolute atomic E-state index is 0.0631. The molecule has 1 saturated heterocycles. The SMILES string of the molecule is CCCC[C@H]1CN(Cc2ccccc2)CCN1C(=O)CC(C)(C)C. The Hall–Kier alpha value is -1.35. The lowest BCUT2D eigenvalue weighted by atomic mass is 9.91. The predicted octanol–water partition coefficient (Wildman–Crippen LogP) is 4.33. The number of benzene rings is 1. The first-order chi connectivity index (χ1) is 11.4. The van der Waals surface area contributed by atoms with Gasteiger partial charge in [-0.3, -0.25) is 9.69 Å². The maximum Gasteiger partial charge on any atom is 0.223 e. The van der Waals surface area contributed by atoms with Gasteiger partial charge in [0, 0.05) is 38.6 Å². The van der Waals surface area contributed by atoms with Crippen LogP contribution in [0, 0.1) is 5.41 Å². The minimum Gasteiger partial charge on any atom is -0.337 e. The predicted molar refractivity (Wildman–Crippen MR) is 101 cm³/mol. The molecule has 0 spiro atoms. The molecule has 0 N–H and O–H groups in total. The Morgan fingerprint density at radius 3 is 2.50 bits per heavy atom. The Bertz CT molecular complexity index is 506. The van der Waals surface area contributed by atoms with Crippen LogP contribution in [0.3, 0.4) is 0 Å². The Kier molecular flexibility index (Phi) is 6.85. The monoisotopic (exact) mass is 330 g/mol. The average Bonchev–Trinajstić information content (AvgIpc) is 2.52. The highest BCUT2D eigenvalue weighted by Crippen LogP contribution is 2.24. The van der Waals surface area contributed by atoms with Crippen molar-refractivity contribution in [3.63, 3.8) is 0 Å². The molecular weight excluding hydrogens is 296 g/mol. The second kappa shape index (κ2) is 8.66. The highest BCUT2D eigenvalue weighted by atomic mass is 16.2. The first-order valence-electron chi connectivity index (χ1n) is 9.45. The van der Waals surface area contributed by atoms with E-state index in [1.54, 1.807) is 0 Å². The third-order valence-electron chi connectivity index (χ3n) is 4.71. The van der Waals surface area contributed by atoms with Crippen LogP contribution in [-0.4, -0.2) is 41.4 Å². The van der Waals surface area contributed by atoms with Crippen molar-refractivity contribution >= 4 is 5.91 Å². The van der Waals surface area contributed by atoms with E-state index in [1.807, 2.05) is 0 Å². The van der Waals surface area contributed by atoms with E-state index in [2.05, 4.69) is 67.8 Å². The van der Waals surface area contributed by atoms with Gasteiger partial charge in [-0.2, -0.15) is 0 Å². The number of hydrogen-bond donors (Lipinski definition) is 0. The zero-order valence-electron chi connectivity index (χ0n) is 15.9. The molecule has 1 aliphatic heterocycles. The summed E-state index contributed by atoms with van der Waals surface area (Å²) in [6.07, 6.45) is 4.16. The van der Waals surface area contributed by atoms with Crippen molar-refractivity contribution in [2.75, 3.05) is 19.6 Å². The van der Waals surface area contributed by atoms with Gasteiger partial charge in [0.2, 0.25) is 5.91 Å². The van der Waals surface area contributed by atoms with Crippen molar-refractivity contribution in [3.8, 4) is 0 Å². The number of piperazine rings is 1. The Balaban J connectivity index is 1.99. The second-order valence-corrected chi connectivity index (χ2v) is 8.34. The van der Waals surface area contributed by atoms with Gasteiger partial charge < -0.3 is 4.90 Å². The highest BCUT2D eigenvalue weighted by molar-refractivity contribution is 5.77. The summed E-state index contributed by atoms with van der Waals surface area (Å²) < 4.78 is 0. The molecule has 0 saturated carbocycles. The van der Waals surface area contributed by atoms with Gasteiger partial charge in [-0.05, 0) is 17.4 Å². The summed E-state index contributed by atoms with van der Waals surface area (Å²) in [7, 11) is 0. The molecular formula is C21H34N2O. The maximum absolute atomic E-state index is 12.8. The summed E-state index contributed by atoms with van der Waals surface area (Å²) in [6.45, 7) is 12.5. The molecule has 0 aromatic heterocycles. The summed E-state index contributed by atoms with van der Waals surface area (Å²) in [5.41, 5.74) is 1.43. The van der Waals surface area contributed by atoms with Crippen LogP contribution in [0.5, 0.6) is 0 Å². The quantitative estimate of drug-likeness (QED) is 0.775. The molecule has 0 bridgehead atoms. The molecule has 0 unspecified atom stereocenters.